The van der Waals surface area contributed by atoms with Crippen LogP contribution in [0.4, 0.5) is 4.79 Å². The number of nitrogens with zero attached hydrogens (tertiary/aromatic N) is 3. The molecule has 1 saturated heterocycles. The van der Waals surface area contributed by atoms with Crippen LogP contribution in [-0.4, -0.2) is 77.4 Å². The van der Waals surface area contributed by atoms with Crippen LogP contribution in [-0.2, 0) is 15.1 Å². The van der Waals surface area contributed by atoms with Gasteiger partial charge < -0.3 is 25.8 Å². The SMILES string of the molecule is CN[C@]1(c2ccccc2)CC[C@]2(CC1)CN(CC(=O)N(C)C(C)(C)C(N)=O)C(=O)N2CC1CCC1. The van der Waals surface area contributed by atoms with Gasteiger partial charge in [-0.25, -0.2) is 4.79 Å². The van der Waals surface area contributed by atoms with Crippen molar-refractivity contribution >= 4 is 17.8 Å². The fourth-order valence-corrected chi connectivity index (χ4v) is 5.97. The number of rotatable bonds is 8. The number of likely N-dealkylation sites (N-methyl/N-ethyl adjacent to an activating group) is 1. The molecule has 0 aromatic heterocycles. The van der Waals surface area contributed by atoms with E-state index >= 15 is 0 Å². The zero-order valence-electron chi connectivity index (χ0n) is 21.7. The minimum absolute atomic E-state index is 0.0369. The van der Waals surface area contributed by atoms with Crippen molar-refractivity contribution in [1.82, 2.24) is 20.0 Å². The quantitative estimate of drug-likeness (QED) is 0.594. The Morgan fingerprint density at radius 1 is 1.14 bits per heavy atom. The minimum Gasteiger partial charge on any atom is -0.368 e. The molecule has 0 radical (unpaired) electrons. The molecule has 1 heterocycles. The van der Waals surface area contributed by atoms with Crippen LogP contribution >= 0.6 is 0 Å². The first-order valence-corrected chi connectivity index (χ1v) is 12.9. The molecule has 2 saturated carbocycles. The van der Waals surface area contributed by atoms with Crippen molar-refractivity contribution in [2.24, 2.45) is 11.7 Å². The largest absolute Gasteiger partial charge is 0.368 e. The molecule has 35 heavy (non-hydrogen) atoms. The zero-order chi connectivity index (χ0) is 25.4. The third-order valence-electron chi connectivity index (χ3n) is 9.21. The van der Waals surface area contributed by atoms with E-state index in [1.807, 2.05) is 13.1 Å². The smallest absolute Gasteiger partial charge is 0.321 e. The number of hydrogen-bond donors (Lipinski definition) is 2. The van der Waals surface area contributed by atoms with Crippen LogP contribution in [0.3, 0.4) is 0 Å². The molecule has 1 spiro atoms. The number of urea groups is 1. The van der Waals surface area contributed by atoms with Crippen molar-refractivity contribution in [1.29, 1.82) is 0 Å². The summed E-state index contributed by atoms with van der Waals surface area (Å²) in [4.78, 5) is 43.8. The molecular formula is C27H41N5O3. The first kappa shape index (κ1) is 25.5. The summed E-state index contributed by atoms with van der Waals surface area (Å²) in [5.74, 6) is -0.290. The fraction of sp³-hybridized carbons (Fsp3) is 0.667. The summed E-state index contributed by atoms with van der Waals surface area (Å²) in [5, 5.41) is 3.59. The number of carbonyl (C=O) groups is 3. The Labute approximate surface area is 209 Å². The highest BCUT2D eigenvalue weighted by molar-refractivity contribution is 5.92. The van der Waals surface area contributed by atoms with E-state index in [-0.39, 0.29) is 29.6 Å². The summed E-state index contributed by atoms with van der Waals surface area (Å²) >= 11 is 0. The van der Waals surface area contributed by atoms with Crippen LogP contribution in [0.25, 0.3) is 0 Å². The molecule has 0 bridgehead atoms. The molecule has 1 aromatic carbocycles. The normalized spacial score (nSPS) is 27.3. The van der Waals surface area contributed by atoms with E-state index in [1.165, 1.54) is 29.7 Å². The molecular weight excluding hydrogens is 442 g/mol. The Kier molecular flexibility index (Phi) is 6.88. The van der Waals surface area contributed by atoms with Crippen molar-refractivity contribution in [3.05, 3.63) is 35.9 Å². The predicted molar refractivity (Wildman–Crippen MR) is 135 cm³/mol. The maximum absolute atomic E-state index is 13.7. The second-order valence-electron chi connectivity index (χ2n) is 11.3. The van der Waals surface area contributed by atoms with Crippen molar-refractivity contribution in [2.75, 3.05) is 33.7 Å². The Bertz CT molecular complexity index is 951. The summed E-state index contributed by atoms with van der Waals surface area (Å²) in [6.07, 6.45) is 7.18. The first-order valence-electron chi connectivity index (χ1n) is 12.9. The van der Waals surface area contributed by atoms with Gasteiger partial charge in [-0.1, -0.05) is 36.8 Å². The van der Waals surface area contributed by atoms with Crippen molar-refractivity contribution in [2.45, 2.75) is 75.4 Å². The number of primary amides is 1. The van der Waals surface area contributed by atoms with Gasteiger partial charge in [-0.3, -0.25) is 9.59 Å². The highest BCUT2D eigenvalue weighted by atomic mass is 16.2. The fourth-order valence-electron chi connectivity index (χ4n) is 5.97. The maximum atomic E-state index is 13.7. The monoisotopic (exact) mass is 483 g/mol. The summed E-state index contributed by atoms with van der Waals surface area (Å²) in [6.45, 7) is 4.54. The lowest BCUT2D eigenvalue weighted by Gasteiger charge is -2.49. The molecule has 4 amide bonds. The van der Waals surface area contributed by atoms with Crippen LogP contribution < -0.4 is 11.1 Å². The number of benzene rings is 1. The van der Waals surface area contributed by atoms with Crippen LogP contribution in [0.1, 0.15) is 64.4 Å². The van der Waals surface area contributed by atoms with Gasteiger partial charge in [-0.2, -0.15) is 0 Å². The molecule has 0 unspecified atom stereocenters. The minimum atomic E-state index is -1.12. The molecule has 8 heteroatoms. The molecule has 2 aliphatic carbocycles. The van der Waals surface area contributed by atoms with E-state index in [0.717, 1.165) is 32.2 Å². The van der Waals surface area contributed by atoms with Gasteiger partial charge in [0.05, 0.1) is 5.54 Å². The van der Waals surface area contributed by atoms with E-state index in [0.29, 0.717) is 12.5 Å². The molecule has 0 atom stereocenters. The molecule has 8 nitrogen and oxygen atoms in total. The van der Waals surface area contributed by atoms with E-state index in [1.54, 1.807) is 25.8 Å². The number of carbonyl (C=O) groups excluding carboxylic acids is 3. The Morgan fingerprint density at radius 2 is 1.77 bits per heavy atom. The number of amides is 4. The van der Waals surface area contributed by atoms with Crippen LogP contribution in [0.2, 0.25) is 0 Å². The van der Waals surface area contributed by atoms with Crippen molar-refractivity contribution in [3.63, 3.8) is 0 Å². The average Bonchev–Trinajstić information content (AvgIpc) is 3.07. The van der Waals surface area contributed by atoms with Crippen molar-refractivity contribution in [3.8, 4) is 0 Å². The standard InChI is InChI=1S/C27H41N5O3/c1-25(2,23(28)34)30(4)22(33)18-31-19-26(32(24(31)35)17-20-9-8-10-20)13-15-27(29-3,16-14-26)21-11-6-5-7-12-21/h5-7,11-12,20,29H,8-10,13-19H2,1-4H3,(H2,28,34)/t26-,27+. The molecule has 3 fully saturated rings. The van der Waals surface area contributed by atoms with Gasteiger partial charge in [0.1, 0.15) is 12.1 Å². The van der Waals surface area contributed by atoms with Gasteiger partial charge in [0, 0.05) is 25.7 Å². The molecule has 192 valence electrons. The topological polar surface area (TPSA) is 99.0 Å². The predicted octanol–water partition coefficient (Wildman–Crippen LogP) is 2.67. The lowest BCUT2D eigenvalue weighted by molar-refractivity contribution is -0.142. The van der Waals surface area contributed by atoms with Crippen LogP contribution in [0.5, 0.6) is 0 Å². The third kappa shape index (κ3) is 4.53. The van der Waals surface area contributed by atoms with Gasteiger partial charge in [0.25, 0.3) is 0 Å². The summed E-state index contributed by atoms with van der Waals surface area (Å²) in [6, 6.07) is 10.5. The van der Waals surface area contributed by atoms with Gasteiger partial charge in [0.2, 0.25) is 11.8 Å². The zero-order valence-corrected chi connectivity index (χ0v) is 21.7. The van der Waals surface area contributed by atoms with Gasteiger partial charge in [0.15, 0.2) is 0 Å². The van der Waals surface area contributed by atoms with Gasteiger partial charge in [-0.15, -0.1) is 0 Å². The third-order valence-corrected chi connectivity index (χ3v) is 9.21. The highest BCUT2D eigenvalue weighted by Gasteiger charge is 2.54. The van der Waals surface area contributed by atoms with Gasteiger partial charge in [-0.05, 0) is 70.9 Å². The first-order chi connectivity index (χ1) is 16.5. The lowest BCUT2D eigenvalue weighted by Crippen LogP contribution is -2.56. The number of nitrogens with two attached hydrogens (primary N) is 1. The second kappa shape index (κ2) is 9.45. The molecule has 4 rings (SSSR count). The lowest BCUT2D eigenvalue weighted by atomic mass is 9.68. The van der Waals surface area contributed by atoms with Crippen LogP contribution in [0.15, 0.2) is 30.3 Å². The van der Waals surface area contributed by atoms with E-state index in [9.17, 15) is 14.4 Å². The molecule has 1 aromatic rings. The molecule has 3 N–H and O–H groups in total. The van der Waals surface area contributed by atoms with E-state index in [2.05, 4.69) is 34.5 Å². The second-order valence-corrected chi connectivity index (χ2v) is 11.3. The van der Waals surface area contributed by atoms with E-state index < -0.39 is 11.4 Å². The summed E-state index contributed by atoms with van der Waals surface area (Å²) < 4.78 is 0. The van der Waals surface area contributed by atoms with Crippen molar-refractivity contribution < 1.29 is 14.4 Å². The van der Waals surface area contributed by atoms with E-state index in [4.69, 9.17) is 5.73 Å². The highest BCUT2D eigenvalue weighted by Crippen LogP contribution is 2.47. The molecule has 3 aliphatic rings. The maximum Gasteiger partial charge on any atom is 0.321 e. The Morgan fingerprint density at radius 3 is 2.29 bits per heavy atom. The average molecular weight is 484 g/mol. The summed E-state index contributed by atoms with van der Waals surface area (Å²) in [5.41, 5.74) is 5.32. The Hall–Kier alpha value is -2.61. The van der Waals surface area contributed by atoms with Crippen LogP contribution in [0, 0.1) is 5.92 Å². The number of hydrogen-bond acceptors (Lipinski definition) is 4. The molecule has 1 aliphatic heterocycles. The Balaban J connectivity index is 1.54. The van der Waals surface area contributed by atoms with Gasteiger partial charge >= 0.3 is 6.03 Å². The summed E-state index contributed by atoms with van der Waals surface area (Å²) in [7, 11) is 3.61. The number of nitrogens with one attached hydrogen (secondary N) is 1.